The first-order valence-electron chi connectivity index (χ1n) is 10.2. The van der Waals surface area contributed by atoms with Gasteiger partial charge in [-0.1, -0.05) is 79.2 Å². The third-order valence-electron chi connectivity index (χ3n) is 5.55. The third kappa shape index (κ3) is 4.51. The fourth-order valence-corrected chi connectivity index (χ4v) is 5.05. The molecule has 4 rings (SSSR count). The second kappa shape index (κ2) is 9.22. The van der Waals surface area contributed by atoms with Crippen molar-refractivity contribution in [3.8, 4) is 0 Å². The van der Waals surface area contributed by atoms with Gasteiger partial charge in [-0.2, -0.15) is 0 Å². The Morgan fingerprint density at radius 2 is 1.68 bits per heavy atom. The van der Waals surface area contributed by atoms with Gasteiger partial charge in [0.15, 0.2) is 5.54 Å². The highest BCUT2D eigenvalue weighted by Crippen LogP contribution is 2.33. The van der Waals surface area contributed by atoms with E-state index >= 15 is 0 Å². The normalized spacial score (nSPS) is 18.6. The van der Waals surface area contributed by atoms with Gasteiger partial charge in [-0.25, -0.2) is 9.69 Å². The molecule has 0 unspecified atom stereocenters. The van der Waals surface area contributed by atoms with Crippen LogP contribution in [-0.4, -0.2) is 35.0 Å². The molecule has 2 heterocycles. The van der Waals surface area contributed by atoms with E-state index in [9.17, 15) is 9.59 Å². The lowest BCUT2D eigenvalue weighted by molar-refractivity contribution is -0.133. The minimum absolute atomic E-state index is 0.222. The zero-order valence-electron chi connectivity index (χ0n) is 17.3. The van der Waals surface area contributed by atoms with E-state index in [1.54, 1.807) is 0 Å². The minimum atomic E-state index is -1.12. The Morgan fingerprint density at radius 1 is 1.00 bits per heavy atom. The standard InChI is InChI=1S/C24H24ClN3O2S/c1-2-27(16-20-13-14-21(25)31-20)17-28-22(29)24(26-23(28)30,19-11-7-4-8-12-19)15-18-9-5-3-6-10-18/h3-14H,2,15-17H2,1H3,(H,26,30)/t24-/m0/s1. The summed E-state index contributed by atoms with van der Waals surface area (Å²) in [5.74, 6) is -0.227. The predicted molar refractivity (Wildman–Crippen MR) is 124 cm³/mol. The van der Waals surface area contributed by atoms with Crippen molar-refractivity contribution in [2.75, 3.05) is 13.2 Å². The van der Waals surface area contributed by atoms with Gasteiger partial charge in [0.1, 0.15) is 0 Å². The van der Waals surface area contributed by atoms with E-state index in [-0.39, 0.29) is 18.6 Å². The van der Waals surface area contributed by atoms with Gasteiger partial charge in [0.2, 0.25) is 0 Å². The minimum Gasteiger partial charge on any atom is -0.319 e. The molecule has 1 aromatic heterocycles. The van der Waals surface area contributed by atoms with E-state index in [0.29, 0.717) is 19.5 Å². The van der Waals surface area contributed by atoms with Crippen LogP contribution in [-0.2, 0) is 23.3 Å². The van der Waals surface area contributed by atoms with Gasteiger partial charge in [0, 0.05) is 17.8 Å². The van der Waals surface area contributed by atoms with E-state index < -0.39 is 5.54 Å². The molecule has 7 heteroatoms. The quantitative estimate of drug-likeness (QED) is 0.495. The van der Waals surface area contributed by atoms with Crippen LogP contribution in [0.2, 0.25) is 4.34 Å². The first-order valence-corrected chi connectivity index (χ1v) is 11.4. The summed E-state index contributed by atoms with van der Waals surface area (Å²) < 4.78 is 0.729. The average molecular weight is 454 g/mol. The number of rotatable bonds is 8. The van der Waals surface area contributed by atoms with Crippen LogP contribution in [0.4, 0.5) is 4.79 Å². The molecule has 0 spiro atoms. The van der Waals surface area contributed by atoms with Crippen molar-refractivity contribution in [3.05, 3.63) is 93.1 Å². The van der Waals surface area contributed by atoms with Crippen LogP contribution in [0, 0.1) is 0 Å². The Hall–Kier alpha value is -2.67. The molecule has 0 radical (unpaired) electrons. The lowest BCUT2D eigenvalue weighted by Gasteiger charge is -2.29. The lowest BCUT2D eigenvalue weighted by atomic mass is 9.83. The molecule has 1 N–H and O–H groups in total. The number of hydrogen-bond donors (Lipinski definition) is 1. The fraction of sp³-hybridized carbons (Fsp3) is 0.250. The molecule has 5 nitrogen and oxygen atoms in total. The zero-order valence-corrected chi connectivity index (χ0v) is 18.8. The molecule has 3 aromatic rings. The number of hydrogen-bond acceptors (Lipinski definition) is 4. The summed E-state index contributed by atoms with van der Waals surface area (Å²) in [4.78, 5) is 31.3. The number of benzene rings is 2. The maximum absolute atomic E-state index is 13.7. The molecular formula is C24H24ClN3O2S. The smallest absolute Gasteiger partial charge is 0.319 e. The highest BCUT2D eigenvalue weighted by atomic mass is 35.5. The highest BCUT2D eigenvalue weighted by Gasteiger charge is 2.52. The maximum Gasteiger partial charge on any atom is 0.326 e. The molecule has 160 valence electrons. The fourth-order valence-electron chi connectivity index (χ4n) is 3.92. The molecule has 1 saturated heterocycles. The van der Waals surface area contributed by atoms with Crippen LogP contribution in [0.1, 0.15) is 22.9 Å². The van der Waals surface area contributed by atoms with Gasteiger partial charge >= 0.3 is 6.03 Å². The molecular weight excluding hydrogens is 430 g/mol. The summed E-state index contributed by atoms with van der Waals surface area (Å²) in [6.45, 7) is 3.56. The van der Waals surface area contributed by atoms with Crippen LogP contribution in [0.25, 0.3) is 0 Å². The number of halogens is 1. The maximum atomic E-state index is 13.7. The number of thiophene rings is 1. The van der Waals surface area contributed by atoms with Gasteiger partial charge in [0.05, 0.1) is 11.0 Å². The molecule has 1 fully saturated rings. The second-order valence-electron chi connectivity index (χ2n) is 7.59. The van der Waals surface area contributed by atoms with Crippen LogP contribution in [0.3, 0.4) is 0 Å². The Bertz CT molecular complexity index is 1060. The number of imide groups is 1. The zero-order chi connectivity index (χ0) is 21.8. The van der Waals surface area contributed by atoms with Gasteiger partial charge < -0.3 is 5.32 Å². The SMILES string of the molecule is CCN(Cc1ccc(Cl)s1)CN1C(=O)N[C@@](Cc2ccccc2)(c2ccccc2)C1=O. The monoisotopic (exact) mass is 453 g/mol. The molecule has 31 heavy (non-hydrogen) atoms. The molecule has 3 amide bonds. The van der Waals surface area contributed by atoms with Gasteiger partial charge in [0.25, 0.3) is 5.91 Å². The first-order chi connectivity index (χ1) is 15.0. The highest BCUT2D eigenvalue weighted by molar-refractivity contribution is 7.16. The first kappa shape index (κ1) is 21.6. The van der Waals surface area contributed by atoms with Crippen LogP contribution < -0.4 is 5.32 Å². The van der Waals surface area contributed by atoms with Crippen molar-refractivity contribution < 1.29 is 9.59 Å². The number of nitrogens with zero attached hydrogens (tertiary/aromatic N) is 2. The van der Waals surface area contributed by atoms with Crippen molar-refractivity contribution in [2.45, 2.75) is 25.4 Å². The summed E-state index contributed by atoms with van der Waals surface area (Å²) in [6, 6.07) is 22.7. The van der Waals surface area contributed by atoms with Crippen LogP contribution >= 0.6 is 22.9 Å². The Labute approximate surface area is 191 Å². The molecule has 2 aromatic carbocycles. The van der Waals surface area contributed by atoms with Crippen molar-refractivity contribution in [3.63, 3.8) is 0 Å². The lowest BCUT2D eigenvalue weighted by Crippen LogP contribution is -2.47. The molecule has 0 bridgehead atoms. The topological polar surface area (TPSA) is 52.6 Å². The average Bonchev–Trinajstić information content (AvgIpc) is 3.30. The van der Waals surface area contributed by atoms with Crippen LogP contribution in [0.5, 0.6) is 0 Å². The molecule has 1 aliphatic rings. The summed E-state index contributed by atoms with van der Waals surface area (Å²) >= 11 is 7.57. The molecule has 1 aliphatic heterocycles. The van der Waals surface area contributed by atoms with E-state index in [1.165, 1.54) is 16.2 Å². The Balaban J connectivity index is 1.62. The number of carbonyl (C=O) groups is 2. The van der Waals surface area contributed by atoms with E-state index in [1.807, 2.05) is 79.7 Å². The second-order valence-corrected chi connectivity index (χ2v) is 9.39. The van der Waals surface area contributed by atoms with Crippen molar-refractivity contribution >= 4 is 34.9 Å². The summed E-state index contributed by atoms with van der Waals surface area (Å²) in [5, 5.41) is 3.02. The van der Waals surface area contributed by atoms with E-state index in [2.05, 4.69) is 10.2 Å². The van der Waals surface area contributed by atoms with Gasteiger partial charge in [-0.3, -0.25) is 9.69 Å². The number of nitrogens with one attached hydrogen (secondary N) is 1. The third-order valence-corrected chi connectivity index (χ3v) is 6.77. The molecule has 0 aliphatic carbocycles. The largest absolute Gasteiger partial charge is 0.326 e. The van der Waals surface area contributed by atoms with Crippen LogP contribution in [0.15, 0.2) is 72.8 Å². The van der Waals surface area contributed by atoms with Gasteiger partial charge in [-0.05, 0) is 29.8 Å². The predicted octanol–water partition coefficient (Wildman–Crippen LogP) is 4.87. The van der Waals surface area contributed by atoms with Crippen molar-refractivity contribution in [1.82, 2.24) is 15.1 Å². The van der Waals surface area contributed by atoms with Gasteiger partial charge in [-0.15, -0.1) is 11.3 Å². The summed E-state index contributed by atoms with van der Waals surface area (Å²) in [6.07, 6.45) is 0.394. The van der Waals surface area contributed by atoms with Crippen molar-refractivity contribution in [2.24, 2.45) is 0 Å². The number of carbonyl (C=O) groups excluding carboxylic acids is 2. The Kier molecular flexibility index (Phi) is 6.41. The summed E-state index contributed by atoms with van der Waals surface area (Å²) in [5.41, 5.74) is 0.654. The summed E-state index contributed by atoms with van der Waals surface area (Å²) in [7, 11) is 0. The van der Waals surface area contributed by atoms with Crippen molar-refractivity contribution in [1.29, 1.82) is 0 Å². The number of amides is 3. The van der Waals surface area contributed by atoms with E-state index in [4.69, 9.17) is 11.6 Å². The molecule has 0 saturated carbocycles. The van der Waals surface area contributed by atoms with E-state index in [0.717, 1.165) is 20.3 Å². The Morgan fingerprint density at radius 3 is 2.29 bits per heavy atom. The molecule has 1 atom stereocenters. The number of urea groups is 1.